The first-order valence-corrected chi connectivity index (χ1v) is 13.7. The minimum absolute atomic E-state index is 0.213. The van der Waals surface area contributed by atoms with E-state index in [0.29, 0.717) is 24.2 Å². The van der Waals surface area contributed by atoms with Gasteiger partial charge in [0.05, 0.1) is 12.5 Å². The highest BCUT2D eigenvalue weighted by Gasteiger charge is 2.42. The summed E-state index contributed by atoms with van der Waals surface area (Å²) in [5.74, 6) is 6.15. The van der Waals surface area contributed by atoms with Gasteiger partial charge in [-0.25, -0.2) is 0 Å². The van der Waals surface area contributed by atoms with E-state index >= 15 is 0 Å². The molecule has 1 aromatic rings. The Morgan fingerprint density at radius 2 is 1.74 bits per heavy atom. The van der Waals surface area contributed by atoms with Gasteiger partial charge in [-0.05, 0) is 49.2 Å². The molecule has 8 N–H and O–H groups in total. The fraction of sp³-hybridized carbons (Fsp3) is 0.484. The molecular weight excluding hydrogens is 499 g/mol. The van der Waals surface area contributed by atoms with E-state index in [1.807, 2.05) is 27.7 Å². The van der Waals surface area contributed by atoms with Gasteiger partial charge in [0.25, 0.3) is 0 Å². The molecule has 0 aromatic heterocycles. The minimum atomic E-state index is -4.22. The fourth-order valence-electron chi connectivity index (χ4n) is 3.75. The number of nitrogens with two attached hydrogens (primary N) is 3. The lowest BCUT2D eigenvalue weighted by atomic mass is 9.93. The highest BCUT2D eigenvalue weighted by Crippen LogP contribution is 2.50. The average molecular weight is 548 g/mol. The van der Waals surface area contributed by atoms with E-state index in [0.717, 1.165) is 37.1 Å². The molecule has 8 heteroatoms. The van der Waals surface area contributed by atoms with Crippen molar-refractivity contribution >= 4 is 0 Å². The van der Waals surface area contributed by atoms with Crippen molar-refractivity contribution in [1.82, 2.24) is 10.6 Å². The molecule has 1 saturated carbocycles. The third-order valence-electron chi connectivity index (χ3n) is 5.59. The number of hydrogen-bond donors (Lipinski definition) is 5. The van der Waals surface area contributed by atoms with Crippen molar-refractivity contribution in [3.05, 3.63) is 83.5 Å². The first kappa shape index (κ1) is 35.7. The van der Waals surface area contributed by atoms with E-state index in [9.17, 15) is 13.2 Å². The summed E-state index contributed by atoms with van der Waals surface area (Å²) in [7, 11) is 0. The Hall–Kier alpha value is -3.31. The maximum Gasteiger partial charge on any atom is 0.393 e. The van der Waals surface area contributed by atoms with Crippen LogP contribution in [-0.4, -0.2) is 25.3 Å². The first-order valence-electron chi connectivity index (χ1n) is 13.7. The van der Waals surface area contributed by atoms with Crippen molar-refractivity contribution < 1.29 is 13.2 Å². The molecule has 1 unspecified atom stereocenters. The van der Waals surface area contributed by atoms with E-state index in [1.54, 1.807) is 30.3 Å². The molecule has 0 radical (unpaired) electrons. The predicted octanol–water partition coefficient (Wildman–Crippen LogP) is 5.90. The van der Waals surface area contributed by atoms with E-state index in [4.69, 9.17) is 17.2 Å². The molecule has 5 nitrogen and oxygen atoms in total. The van der Waals surface area contributed by atoms with Crippen molar-refractivity contribution in [1.29, 1.82) is 0 Å². The summed E-state index contributed by atoms with van der Waals surface area (Å²) in [6.07, 6.45) is 4.65. The summed E-state index contributed by atoms with van der Waals surface area (Å²) >= 11 is 0. The van der Waals surface area contributed by atoms with E-state index in [2.05, 4.69) is 42.1 Å². The fourth-order valence-corrected chi connectivity index (χ4v) is 3.75. The highest BCUT2D eigenvalue weighted by atomic mass is 19.4. The molecule has 0 spiro atoms. The van der Waals surface area contributed by atoms with Crippen molar-refractivity contribution in [3.63, 3.8) is 0 Å². The normalized spacial score (nSPS) is 15.1. The zero-order chi connectivity index (χ0) is 29.9. The van der Waals surface area contributed by atoms with Gasteiger partial charge in [-0.2, -0.15) is 13.2 Å². The highest BCUT2D eigenvalue weighted by molar-refractivity contribution is 5.41. The Kier molecular flexibility index (Phi) is 17.3. The molecule has 0 aliphatic heterocycles. The van der Waals surface area contributed by atoms with Crippen LogP contribution in [0.1, 0.15) is 71.4 Å². The quantitative estimate of drug-likeness (QED) is 0.127. The van der Waals surface area contributed by atoms with Gasteiger partial charge in [0, 0.05) is 41.5 Å². The van der Waals surface area contributed by atoms with Gasteiger partial charge in [-0.15, -0.1) is 0 Å². The van der Waals surface area contributed by atoms with Gasteiger partial charge in [0.15, 0.2) is 0 Å². The molecule has 0 amide bonds. The van der Waals surface area contributed by atoms with Crippen molar-refractivity contribution in [2.24, 2.45) is 17.2 Å². The summed E-state index contributed by atoms with van der Waals surface area (Å²) in [6, 6.07) is 6.43. The second-order valence-corrected chi connectivity index (χ2v) is 8.80. The Balaban J connectivity index is 0.00000344. The molecule has 1 fully saturated rings. The van der Waals surface area contributed by atoms with Gasteiger partial charge in [-0.3, -0.25) is 0 Å². The number of hydrogen-bond acceptors (Lipinski definition) is 5. The predicted molar refractivity (Wildman–Crippen MR) is 159 cm³/mol. The molecule has 1 atom stereocenters. The Morgan fingerprint density at radius 1 is 1.13 bits per heavy atom. The lowest BCUT2D eigenvalue weighted by Crippen LogP contribution is -2.34. The van der Waals surface area contributed by atoms with Gasteiger partial charge < -0.3 is 27.8 Å². The van der Waals surface area contributed by atoms with Crippen LogP contribution in [0.2, 0.25) is 0 Å². The van der Waals surface area contributed by atoms with Crippen molar-refractivity contribution in [2.75, 3.05) is 13.1 Å². The van der Waals surface area contributed by atoms with Crippen LogP contribution in [0.5, 0.6) is 0 Å². The summed E-state index contributed by atoms with van der Waals surface area (Å²) in [6.45, 7) is 15.3. The minimum Gasteiger partial charge on any atom is -0.405 e. The van der Waals surface area contributed by atoms with Gasteiger partial charge >= 0.3 is 6.18 Å². The lowest BCUT2D eigenvalue weighted by Gasteiger charge is -2.21. The number of benzene rings is 1. The molecule has 218 valence electrons. The topological polar surface area (TPSA) is 102 Å². The van der Waals surface area contributed by atoms with Crippen LogP contribution < -0.4 is 27.8 Å². The van der Waals surface area contributed by atoms with Crippen molar-refractivity contribution in [3.8, 4) is 11.8 Å². The summed E-state index contributed by atoms with van der Waals surface area (Å²) in [5.41, 5.74) is 20.0. The number of allylic oxidation sites excluding steroid dienone is 3. The standard InChI is InChI=1S/C27H36F3N5.2C2H6/c1-3-14-34-19-25(35-24(15-20(2)33)9-6-22(18-32)10-13-31)17-26(11-12-26)23-7-4-21(5-8-23)16-27(28,29)30;2*1-2/h4-5,7-8,10,13,17-18,24,34-35H,2-3,11-12,14-16,19,31-33H2,1H3;2*1-2H3/b13-10-,22-18-,25-17+;;. The smallest absolute Gasteiger partial charge is 0.393 e. The molecule has 0 heterocycles. The Labute approximate surface area is 233 Å². The van der Waals surface area contributed by atoms with Crippen LogP contribution in [0.3, 0.4) is 0 Å². The first-order chi connectivity index (χ1) is 18.6. The number of alkyl halides is 3. The van der Waals surface area contributed by atoms with Crippen LogP contribution in [0, 0.1) is 11.8 Å². The van der Waals surface area contributed by atoms with Crippen LogP contribution in [-0.2, 0) is 11.8 Å². The summed E-state index contributed by atoms with van der Waals surface area (Å²) in [4.78, 5) is 0. The molecule has 39 heavy (non-hydrogen) atoms. The van der Waals surface area contributed by atoms with Gasteiger partial charge in [-0.1, -0.05) is 83.4 Å². The summed E-state index contributed by atoms with van der Waals surface area (Å²) in [5, 5.41) is 6.90. The zero-order valence-electron chi connectivity index (χ0n) is 24.2. The van der Waals surface area contributed by atoms with Crippen LogP contribution >= 0.6 is 0 Å². The van der Waals surface area contributed by atoms with Crippen LogP contribution in [0.15, 0.2) is 72.4 Å². The average Bonchev–Trinajstić information content (AvgIpc) is 3.68. The van der Waals surface area contributed by atoms with Crippen LogP contribution in [0.25, 0.3) is 0 Å². The van der Waals surface area contributed by atoms with Gasteiger partial charge in [0.2, 0.25) is 0 Å². The molecule has 1 aliphatic rings. The molecule has 0 bridgehead atoms. The maximum absolute atomic E-state index is 12.7. The lowest BCUT2D eigenvalue weighted by molar-refractivity contribution is -0.127. The van der Waals surface area contributed by atoms with E-state index in [1.165, 1.54) is 12.4 Å². The summed E-state index contributed by atoms with van der Waals surface area (Å²) < 4.78 is 38.2. The second-order valence-electron chi connectivity index (χ2n) is 8.80. The monoisotopic (exact) mass is 547 g/mol. The molecule has 1 aliphatic carbocycles. The second kappa shape index (κ2) is 18.9. The molecular formula is C31H48F3N5. The molecule has 2 rings (SSSR count). The molecule has 1 aromatic carbocycles. The number of halogens is 3. The van der Waals surface area contributed by atoms with Crippen LogP contribution in [0.4, 0.5) is 13.2 Å². The van der Waals surface area contributed by atoms with Gasteiger partial charge in [0.1, 0.15) is 0 Å². The Morgan fingerprint density at radius 3 is 2.21 bits per heavy atom. The maximum atomic E-state index is 12.7. The van der Waals surface area contributed by atoms with Crippen molar-refractivity contribution in [2.45, 2.75) is 84.4 Å². The largest absolute Gasteiger partial charge is 0.405 e. The zero-order valence-corrected chi connectivity index (χ0v) is 24.2. The van der Waals surface area contributed by atoms with E-state index in [-0.39, 0.29) is 17.0 Å². The number of rotatable bonds is 12. The third-order valence-corrected chi connectivity index (χ3v) is 5.59. The van der Waals surface area contributed by atoms with E-state index < -0.39 is 12.6 Å². The Bertz CT molecular complexity index is 992. The SMILES string of the molecule is C=C(N)CC(C#CC(/C=C\N)=C/N)N/C(=C/C1(c2ccc(CC(F)(F)F)cc2)CC1)CNCCC.CC.CC. The third kappa shape index (κ3) is 14.4. The molecule has 0 saturated heterocycles. The number of nitrogens with one attached hydrogen (secondary N) is 2.